The smallest absolute Gasteiger partial charge is 0.201 e. The number of halogens is 2. The highest BCUT2D eigenvalue weighted by Gasteiger charge is 2.22. The molecule has 3 heteroatoms. The molecule has 1 aliphatic rings. The van der Waals surface area contributed by atoms with Crippen LogP contribution in [-0.2, 0) is 0 Å². The second-order valence-corrected chi connectivity index (χ2v) is 9.56. The van der Waals surface area contributed by atoms with Gasteiger partial charge in [0.2, 0.25) is 5.82 Å². The van der Waals surface area contributed by atoms with Crippen LogP contribution in [0.4, 0.5) is 8.78 Å². The van der Waals surface area contributed by atoms with Crippen molar-refractivity contribution in [1.82, 2.24) is 0 Å². The van der Waals surface area contributed by atoms with Gasteiger partial charge < -0.3 is 4.74 Å². The first-order chi connectivity index (χ1) is 16.1. The van der Waals surface area contributed by atoms with Crippen LogP contribution in [0.3, 0.4) is 0 Å². The first kappa shape index (κ1) is 25.5. The lowest BCUT2D eigenvalue weighted by Crippen LogP contribution is -2.13. The Morgan fingerprint density at radius 2 is 1.58 bits per heavy atom. The zero-order valence-electron chi connectivity index (χ0n) is 20.3. The topological polar surface area (TPSA) is 9.23 Å². The fourth-order valence-electron chi connectivity index (χ4n) is 5.00. The lowest BCUT2D eigenvalue weighted by Gasteiger charge is -2.28. The molecule has 1 nitrogen and oxygen atoms in total. The summed E-state index contributed by atoms with van der Waals surface area (Å²) in [7, 11) is 0. The van der Waals surface area contributed by atoms with E-state index in [1.807, 2.05) is 18.2 Å². The van der Waals surface area contributed by atoms with E-state index in [0.717, 1.165) is 25.2 Å². The molecule has 0 atom stereocenters. The Hall–Kier alpha value is -2.16. The van der Waals surface area contributed by atoms with Crippen LogP contribution in [-0.4, -0.2) is 6.61 Å². The fraction of sp³-hybridized carbons (Fsp3) is 0.533. The minimum Gasteiger partial charge on any atom is -0.490 e. The predicted octanol–water partition coefficient (Wildman–Crippen LogP) is 9.61. The van der Waals surface area contributed by atoms with E-state index >= 15 is 0 Å². The lowest BCUT2D eigenvalue weighted by atomic mass is 9.77. The second-order valence-electron chi connectivity index (χ2n) is 9.56. The van der Waals surface area contributed by atoms with Crippen molar-refractivity contribution >= 4 is 0 Å². The molecule has 0 aromatic heterocycles. The van der Waals surface area contributed by atoms with E-state index in [1.54, 1.807) is 12.1 Å². The maximum Gasteiger partial charge on any atom is 0.201 e. The van der Waals surface area contributed by atoms with Crippen molar-refractivity contribution in [1.29, 1.82) is 0 Å². The Morgan fingerprint density at radius 3 is 2.27 bits per heavy atom. The highest BCUT2D eigenvalue weighted by atomic mass is 19.2. The highest BCUT2D eigenvalue weighted by Crippen LogP contribution is 2.38. The maximum atomic E-state index is 14.8. The molecule has 33 heavy (non-hydrogen) atoms. The molecular weight excluding hydrogens is 414 g/mol. The minimum atomic E-state index is -0.889. The Morgan fingerprint density at radius 1 is 0.879 bits per heavy atom. The molecule has 2 aromatic rings. The highest BCUT2D eigenvalue weighted by molar-refractivity contribution is 5.65. The van der Waals surface area contributed by atoms with Crippen LogP contribution in [0.1, 0.15) is 95.5 Å². The van der Waals surface area contributed by atoms with E-state index in [-0.39, 0.29) is 5.75 Å². The number of allylic oxidation sites excluding steroid dienone is 1. The molecule has 180 valence electrons. The van der Waals surface area contributed by atoms with E-state index in [1.165, 1.54) is 63.4 Å². The van der Waals surface area contributed by atoms with Crippen molar-refractivity contribution in [2.45, 2.75) is 89.9 Å². The van der Waals surface area contributed by atoms with Crippen molar-refractivity contribution in [3.63, 3.8) is 0 Å². The fourth-order valence-corrected chi connectivity index (χ4v) is 5.00. The van der Waals surface area contributed by atoms with E-state index in [0.29, 0.717) is 23.7 Å². The van der Waals surface area contributed by atoms with Gasteiger partial charge in [0.1, 0.15) is 0 Å². The number of rotatable bonds is 13. The summed E-state index contributed by atoms with van der Waals surface area (Å²) in [5.41, 5.74) is 2.30. The Bertz CT molecular complexity index is 850. The standard InChI is InChI=1S/C30H40F2O/c1-3-5-7-8-9-10-22-33-28-21-20-27(29(31)30(28)32)26-18-16-25(17-19-26)24-14-12-23(13-15-24)11-6-4-2/h4,16-21,23-24H,2-3,5-15,22H2,1H3. The normalized spacial score (nSPS) is 18.3. The third-order valence-electron chi connectivity index (χ3n) is 7.12. The summed E-state index contributed by atoms with van der Waals surface area (Å²) in [6.07, 6.45) is 16.1. The second kappa shape index (κ2) is 13.5. The van der Waals surface area contributed by atoms with Crippen LogP contribution in [0.25, 0.3) is 11.1 Å². The summed E-state index contributed by atoms with van der Waals surface area (Å²) in [5, 5.41) is 0. The Balaban J connectivity index is 1.54. The van der Waals surface area contributed by atoms with Gasteiger partial charge in [-0.15, -0.1) is 6.58 Å². The third kappa shape index (κ3) is 7.42. The van der Waals surface area contributed by atoms with Gasteiger partial charge in [-0.05, 0) is 80.0 Å². The van der Waals surface area contributed by atoms with E-state index < -0.39 is 11.6 Å². The van der Waals surface area contributed by atoms with Crippen LogP contribution in [0.5, 0.6) is 5.75 Å². The lowest BCUT2D eigenvalue weighted by molar-refractivity contribution is 0.285. The molecule has 0 heterocycles. The Kier molecular flexibility index (Phi) is 10.4. The van der Waals surface area contributed by atoms with Crippen LogP contribution >= 0.6 is 0 Å². The molecule has 0 N–H and O–H groups in total. The molecular formula is C30H40F2O. The number of ether oxygens (including phenoxy) is 1. The average molecular weight is 455 g/mol. The molecule has 0 amide bonds. The molecule has 0 radical (unpaired) electrons. The minimum absolute atomic E-state index is 0.00893. The van der Waals surface area contributed by atoms with E-state index in [2.05, 4.69) is 25.6 Å². The van der Waals surface area contributed by atoms with Gasteiger partial charge in [0.05, 0.1) is 6.61 Å². The van der Waals surface area contributed by atoms with Gasteiger partial charge in [-0.3, -0.25) is 0 Å². The van der Waals surface area contributed by atoms with E-state index in [4.69, 9.17) is 4.74 Å². The van der Waals surface area contributed by atoms with Gasteiger partial charge in [0, 0.05) is 5.56 Å². The number of hydrogen-bond acceptors (Lipinski definition) is 1. The van der Waals surface area contributed by atoms with Crippen LogP contribution < -0.4 is 4.74 Å². The van der Waals surface area contributed by atoms with Crippen molar-refractivity contribution in [3.05, 3.63) is 66.3 Å². The largest absolute Gasteiger partial charge is 0.490 e. The SMILES string of the molecule is C=CCCC1CCC(c2ccc(-c3ccc(OCCCCCCCC)c(F)c3F)cc2)CC1. The summed E-state index contributed by atoms with van der Waals surface area (Å²) >= 11 is 0. The monoisotopic (exact) mass is 454 g/mol. The molecule has 3 rings (SSSR count). The molecule has 0 aliphatic heterocycles. The van der Waals surface area contributed by atoms with Gasteiger partial charge in [0.25, 0.3) is 0 Å². The maximum absolute atomic E-state index is 14.8. The van der Waals surface area contributed by atoms with Crippen LogP contribution in [0.15, 0.2) is 49.1 Å². The van der Waals surface area contributed by atoms with Crippen LogP contribution in [0, 0.1) is 17.6 Å². The van der Waals surface area contributed by atoms with Gasteiger partial charge in [-0.25, -0.2) is 4.39 Å². The number of unbranched alkanes of at least 4 members (excludes halogenated alkanes) is 5. The van der Waals surface area contributed by atoms with Gasteiger partial charge in [-0.2, -0.15) is 4.39 Å². The Labute approximate surface area is 199 Å². The number of benzene rings is 2. The third-order valence-corrected chi connectivity index (χ3v) is 7.12. The quantitative estimate of drug-likeness (QED) is 0.216. The molecule has 1 saturated carbocycles. The first-order valence-electron chi connectivity index (χ1n) is 13.0. The summed E-state index contributed by atoms with van der Waals surface area (Å²) in [4.78, 5) is 0. The van der Waals surface area contributed by atoms with Crippen molar-refractivity contribution < 1.29 is 13.5 Å². The van der Waals surface area contributed by atoms with Crippen molar-refractivity contribution in [2.24, 2.45) is 5.92 Å². The van der Waals surface area contributed by atoms with Crippen LogP contribution in [0.2, 0.25) is 0 Å². The average Bonchev–Trinajstić information content (AvgIpc) is 2.85. The molecule has 0 saturated heterocycles. The van der Waals surface area contributed by atoms with Gasteiger partial charge in [0.15, 0.2) is 11.6 Å². The molecule has 1 aliphatic carbocycles. The molecule has 0 unspecified atom stereocenters. The predicted molar refractivity (Wildman–Crippen MR) is 135 cm³/mol. The zero-order valence-corrected chi connectivity index (χ0v) is 20.3. The van der Waals surface area contributed by atoms with Gasteiger partial charge in [-0.1, -0.05) is 69.4 Å². The molecule has 0 bridgehead atoms. The van der Waals surface area contributed by atoms with E-state index in [9.17, 15) is 8.78 Å². The molecule has 1 fully saturated rings. The summed E-state index contributed by atoms with van der Waals surface area (Å²) in [5.74, 6) is -0.322. The van der Waals surface area contributed by atoms with Crippen molar-refractivity contribution in [3.8, 4) is 16.9 Å². The van der Waals surface area contributed by atoms with Gasteiger partial charge >= 0.3 is 0 Å². The summed E-state index contributed by atoms with van der Waals surface area (Å²) in [6, 6.07) is 11.2. The molecule has 0 spiro atoms. The zero-order chi connectivity index (χ0) is 23.5. The van der Waals surface area contributed by atoms with Crippen molar-refractivity contribution in [2.75, 3.05) is 6.61 Å². The summed E-state index contributed by atoms with van der Waals surface area (Å²) in [6.45, 7) is 6.44. The molecule has 2 aromatic carbocycles. The summed E-state index contributed by atoms with van der Waals surface area (Å²) < 4.78 is 34.9. The number of hydrogen-bond donors (Lipinski definition) is 0. The first-order valence-corrected chi connectivity index (χ1v) is 13.0.